The van der Waals surface area contributed by atoms with Crippen LogP contribution < -0.4 is 5.32 Å². The molecule has 1 atom stereocenters. The average Bonchev–Trinajstić information content (AvgIpc) is 2.40. The summed E-state index contributed by atoms with van der Waals surface area (Å²) in [4.78, 5) is 12.2. The maximum absolute atomic E-state index is 12.2. The Morgan fingerprint density at radius 3 is 2.44 bits per heavy atom. The predicted octanol–water partition coefficient (Wildman–Crippen LogP) is 2.89. The monoisotopic (exact) mass is 237 g/mol. The van der Waals surface area contributed by atoms with Gasteiger partial charge in [0.05, 0.1) is 5.54 Å². The van der Waals surface area contributed by atoms with Crippen molar-refractivity contribution in [3.05, 3.63) is 71.3 Å². The van der Waals surface area contributed by atoms with Crippen LogP contribution in [-0.4, -0.2) is 5.91 Å². The summed E-state index contributed by atoms with van der Waals surface area (Å²) in [6.45, 7) is 2.08. The van der Waals surface area contributed by atoms with E-state index in [9.17, 15) is 4.79 Å². The van der Waals surface area contributed by atoms with Gasteiger partial charge in [0.25, 0.3) is 5.91 Å². The van der Waals surface area contributed by atoms with Crippen LogP contribution in [0.2, 0.25) is 0 Å². The molecule has 1 aliphatic heterocycles. The summed E-state index contributed by atoms with van der Waals surface area (Å²) in [7, 11) is 0. The number of carbonyl (C=O) groups excluding carboxylic acids is 1. The Kier molecular flexibility index (Phi) is 2.44. The van der Waals surface area contributed by atoms with E-state index in [1.165, 1.54) is 0 Å². The van der Waals surface area contributed by atoms with Crippen LogP contribution >= 0.6 is 0 Å². The van der Waals surface area contributed by atoms with Crippen LogP contribution in [-0.2, 0) is 12.0 Å². The van der Waals surface area contributed by atoms with Crippen molar-refractivity contribution in [2.75, 3.05) is 0 Å². The zero-order valence-corrected chi connectivity index (χ0v) is 10.3. The first-order valence-electron chi connectivity index (χ1n) is 6.15. The third kappa shape index (κ3) is 1.70. The molecule has 0 aromatic heterocycles. The molecular formula is C16H15NO. The molecule has 1 aliphatic rings. The summed E-state index contributed by atoms with van der Waals surface area (Å²) in [5.41, 5.74) is 2.75. The van der Waals surface area contributed by atoms with Gasteiger partial charge < -0.3 is 5.32 Å². The van der Waals surface area contributed by atoms with Crippen LogP contribution in [0.3, 0.4) is 0 Å². The van der Waals surface area contributed by atoms with Crippen molar-refractivity contribution < 1.29 is 4.79 Å². The molecule has 1 heterocycles. The Balaban J connectivity index is 2.06. The van der Waals surface area contributed by atoms with Gasteiger partial charge in [-0.1, -0.05) is 48.5 Å². The summed E-state index contributed by atoms with van der Waals surface area (Å²) < 4.78 is 0. The van der Waals surface area contributed by atoms with Crippen LogP contribution in [0, 0.1) is 0 Å². The van der Waals surface area contributed by atoms with Crippen LogP contribution in [0.4, 0.5) is 0 Å². The lowest BCUT2D eigenvalue weighted by atomic mass is 9.81. The van der Waals surface area contributed by atoms with Gasteiger partial charge in [-0.05, 0) is 24.1 Å². The topological polar surface area (TPSA) is 29.1 Å². The fourth-order valence-corrected chi connectivity index (χ4v) is 2.62. The van der Waals surface area contributed by atoms with Crippen molar-refractivity contribution in [1.29, 1.82) is 0 Å². The number of hydrogen-bond donors (Lipinski definition) is 1. The van der Waals surface area contributed by atoms with Crippen molar-refractivity contribution in [2.45, 2.75) is 18.9 Å². The second-order valence-electron chi connectivity index (χ2n) is 4.99. The Hall–Kier alpha value is -2.09. The van der Waals surface area contributed by atoms with Crippen LogP contribution in [0.5, 0.6) is 0 Å². The summed E-state index contributed by atoms with van der Waals surface area (Å²) in [5, 5.41) is 3.13. The SMILES string of the molecule is CC1(c2ccccc2)Cc2ccccc2C(=O)N1. The molecular weight excluding hydrogens is 222 g/mol. The quantitative estimate of drug-likeness (QED) is 0.811. The molecule has 0 saturated carbocycles. The molecule has 1 unspecified atom stereocenters. The molecule has 1 N–H and O–H groups in total. The summed E-state index contributed by atoms with van der Waals surface area (Å²) in [6.07, 6.45) is 0.832. The zero-order chi connectivity index (χ0) is 12.6. The van der Waals surface area contributed by atoms with Gasteiger partial charge in [-0.15, -0.1) is 0 Å². The van der Waals surface area contributed by atoms with E-state index < -0.39 is 0 Å². The number of benzene rings is 2. The van der Waals surface area contributed by atoms with Gasteiger partial charge in [0.2, 0.25) is 0 Å². The van der Waals surface area contributed by atoms with E-state index >= 15 is 0 Å². The van der Waals surface area contributed by atoms with Gasteiger partial charge in [0.1, 0.15) is 0 Å². The molecule has 2 heteroatoms. The highest BCUT2D eigenvalue weighted by molar-refractivity contribution is 5.97. The molecule has 0 saturated heterocycles. The highest BCUT2D eigenvalue weighted by atomic mass is 16.1. The van der Waals surface area contributed by atoms with Crippen molar-refractivity contribution in [3.8, 4) is 0 Å². The largest absolute Gasteiger partial charge is 0.342 e. The molecule has 2 nitrogen and oxygen atoms in total. The lowest BCUT2D eigenvalue weighted by Crippen LogP contribution is -2.49. The van der Waals surface area contributed by atoms with Crippen molar-refractivity contribution >= 4 is 5.91 Å². The highest BCUT2D eigenvalue weighted by Crippen LogP contribution is 2.30. The number of carbonyl (C=O) groups is 1. The number of hydrogen-bond acceptors (Lipinski definition) is 1. The minimum atomic E-state index is -0.313. The normalized spacial score (nSPS) is 22.2. The number of rotatable bonds is 1. The molecule has 0 fully saturated rings. The lowest BCUT2D eigenvalue weighted by molar-refractivity contribution is 0.0886. The van der Waals surface area contributed by atoms with Crippen LogP contribution in [0.1, 0.15) is 28.4 Å². The Labute approximate surface area is 107 Å². The van der Waals surface area contributed by atoms with E-state index in [2.05, 4.69) is 24.4 Å². The van der Waals surface area contributed by atoms with Gasteiger partial charge in [-0.2, -0.15) is 0 Å². The van der Waals surface area contributed by atoms with E-state index in [1.54, 1.807) is 0 Å². The second-order valence-corrected chi connectivity index (χ2v) is 4.99. The average molecular weight is 237 g/mol. The molecule has 18 heavy (non-hydrogen) atoms. The summed E-state index contributed by atoms with van der Waals surface area (Å²) in [6, 6.07) is 17.9. The first kappa shape index (κ1) is 11.0. The number of nitrogens with one attached hydrogen (secondary N) is 1. The maximum atomic E-state index is 12.2. The fourth-order valence-electron chi connectivity index (χ4n) is 2.62. The maximum Gasteiger partial charge on any atom is 0.252 e. The third-order valence-electron chi connectivity index (χ3n) is 3.61. The molecule has 0 aliphatic carbocycles. The van der Waals surface area contributed by atoms with Crippen molar-refractivity contribution in [1.82, 2.24) is 5.32 Å². The molecule has 0 radical (unpaired) electrons. The Morgan fingerprint density at radius 1 is 1.00 bits per heavy atom. The van der Waals surface area contributed by atoms with Gasteiger partial charge in [-0.25, -0.2) is 0 Å². The second kappa shape index (κ2) is 3.98. The van der Waals surface area contributed by atoms with E-state index in [-0.39, 0.29) is 11.4 Å². The molecule has 0 bridgehead atoms. The lowest BCUT2D eigenvalue weighted by Gasteiger charge is -2.36. The zero-order valence-electron chi connectivity index (χ0n) is 10.3. The van der Waals surface area contributed by atoms with Gasteiger partial charge in [-0.3, -0.25) is 4.79 Å². The van der Waals surface area contributed by atoms with Gasteiger partial charge in [0, 0.05) is 12.0 Å². The van der Waals surface area contributed by atoms with Crippen molar-refractivity contribution in [2.24, 2.45) is 0 Å². The fraction of sp³-hybridized carbons (Fsp3) is 0.188. The molecule has 2 aromatic carbocycles. The van der Waals surface area contributed by atoms with Crippen molar-refractivity contribution in [3.63, 3.8) is 0 Å². The predicted molar refractivity (Wildman–Crippen MR) is 71.4 cm³/mol. The minimum absolute atomic E-state index is 0.0169. The summed E-state index contributed by atoms with van der Waals surface area (Å²) in [5.74, 6) is 0.0169. The first-order valence-corrected chi connectivity index (χ1v) is 6.15. The van der Waals surface area contributed by atoms with E-state index in [4.69, 9.17) is 0 Å². The smallest absolute Gasteiger partial charge is 0.252 e. The van der Waals surface area contributed by atoms with Crippen LogP contribution in [0.25, 0.3) is 0 Å². The third-order valence-corrected chi connectivity index (χ3v) is 3.61. The summed E-state index contributed by atoms with van der Waals surface area (Å²) >= 11 is 0. The number of fused-ring (bicyclic) bond motifs is 1. The van der Waals surface area contributed by atoms with E-state index in [1.807, 2.05) is 42.5 Å². The highest BCUT2D eigenvalue weighted by Gasteiger charge is 2.34. The Morgan fingerprint density at radius 2 is 1.67 bits per heavy atom. The standard InChI is InChI=1S/C16H15NO/c1-16(13-8-3-2-4-9-13)11-12-7-5-6-10-14(12)15(18)17-16/h2-10H,11H2,1H3,(H,17,18). The first-order chi connectivity index (χ1) is 8.69. The van der Waals surface area contributed by atoms with E-state index in [0.717, 1.165) is 23.1 Å². The molecule has 3 rings (SSSR count). The molecule has 0 spiro atoms. The Bertz CT molecular complexity index is 591. The van der Waals surface area contributed by atoms with Gasteiger partial charge >= 0.3 is 0 Å². The molecule has 1 amide bonds. The van der Waals surface area contributed by atoms with E-state index in [0.29, 0.717) is 0 Å². The van der Waals surface area contributed by atoms with Crippen LogP contribution in [0.15, 0.2) is 54.6 Å². The number of amides is 1. The molecule has 90 valence electrons. The van der Waals surface area contributed by atoms with Gasteiger partial charge in [0.15, 0.2) is 0 Å². The minimum Gasteiger partial charge on any atom is -0.342 e. The molecule has 2 aromatic rings.